The van der Waals surface area contributed by atoms with Gasteiger partial charge in [-0.1, -0.05) is 47.5 Å². The summed E-state index contributed by atoms with van der Waals surface area (Å²) in [6.07, 6.45) is 3.45. The van der Waals surface area contributed by atoms with Gasteiger partial charge in [-0.25, -0.2) is 14.6 Å². The third-order valence-corrected chi connectivity index (χ3v) is 4.52. The van der Waals surface area contributed by atoms with Gasteiger partial charge in [-0.05, 0) is 35.4 Å². The van der Waals surface area contributed by atoms with Crippen LogP contribution in [0.25, 0.3) is 6.08 Å². The normalized spacial score (nSPS) is 11.1. The van der Waals surface area contributed by atoms with E-state index in [9.17, 15) is 9.59 Å². The molecule has 0 saturated heterocycles. The highest BCUT2D eigenvalue weighted by molar-refractivity contribution is 6.42. The first-order valence-corrected chi connectivity index (χ1v) is 8.93. The predicted octanol–water partition coefficient (Wildman–Crippen LogP) is 3.74. The molecule has 9 heteroatoms. The number of benzene rings is 2. The van der Waals surface area contributed by atoms with Crippen LogP contribution in [0.5, 0.6) is 11.5 Å². The van der Waals surface area contributed by atoms with E-state index in [0.717, 1.165) is 15.9 Å². The molecule has 7 nitrogen and oxygen atoms in total. The van der Waals surface area contributed by atoms with Crippen LogP contribution in [0.15, 0.2) is 56.6 Å². The molecule has 2 aromatic carbocycles. The van der Waals surface area contributed by atoms with Crippen LogP contribution in [0.2, 0.25) is 10.0 Å². The highest BCUT2D eigenvalue weighted by Crippen LogP contribution is 2.30. The number of ether oxygens (including phenoxy) is 2. The molecule has 0 radical (unpaired) electrons. The van der Waals surface area contributed by atoms with Crippen LogP contribution < -0.4 is 20.9 Å². The van der Waals surface area contributed by atoms with Gasteiger partial charge in [0.25, 0.3) is 0 Å². The summed E-state index contributed by atoms with van der Waals surface area (Å²) in [5.41, 5.74) is 1.10. The van der Waals surface area contributed by atoms with Gasteiger partial charge >= 0.3 is 11.4 Å². The second-order valence-corrected chi connectivity index (χ2v) is 6.53. The second-order valence-electron chi connectivity index (χ2n) is 5.72. The average molecular weight is 423 g/mol. The molecule has 0 spiro atoms. The van der Waals surface area contributed by atoms with Gasteiger partial charge in [0.05, 0.1) is 23.7 Å². The number of hydrogen-bond donors (Lipinski definition) is 1. The van der Waals surface area contributed by atoms with Crippen LogP contribution in [0.1, 0.15) is 11.1 Å². The fourth-order valence-corrected chi connectivity index (χ4v) is 2.74. The number of aromatic amines is 1. The first kappa shape index (κ1) is 19.9. The van der Waals surface area contributed by atoms with Crippen LogP contribution >= 0.6 is 23.2 Å². The Bertz CT molecular complexity index is 1110. The molecule has 3 rings (SSSR count). The lowest BCUT2D eigenvalue weighted by molar-refractivity contribution is 0.261. The minimum atomic E-state index is -0.788. The number of halogens is 2. The van der Waals surface area contributed by atoms with Gasteiger partial charge in [0.1, 0.15) is 6.61 Å². The van der Waals surface area contributed by atoms with E-state index in [2.05, 4.69) is 4.52 Å². The lowest BCUT2D eigenvalue weighted by atomic mass is 10.2. The minimum absolute atomic E-state index is 0.121. The molecule has 28 heavy (non-hydrogen) atoms. The van der Waals surface area contributed by atoms with Gasteiger partial charge in [0.2, 0.25) is 0 Å². The van der Waals surface area contributed by atoms with Crippen LogP contribution in [-0.2, 0) is 13.2 Å². The minimum Gasteiger partial charge on any atom is -0.493 e. The van der Waals surface area contributed by atoms with Gasteiger partial charge in [-0.2, -0.15) is 0 Å². The fourth-order valence-electron chi connectivity index (χ4n) is 2.42. The van der Waals surface area contributed by atoms with E-state index in [-0.39, 0.29) is 6.54 Å². The highest BCUT2D eigenvalue weighted by atomic mass is 35.5. The maximum absolute atomic E-state index is 11.4. The van der Waals surface area contributed by atoms with E-state index in [1.165, 1.54) is 0 Å². The number of nitrogens with zero attached hydrogens (tertiary/aromatic N) is 1. The molecular formula is C19H16Cl2N2O5. The van der Waals surface area contributed by atoms with Crippen molar-refractivity contribution in [3.63, 3.8) is 0 Å². The molecule has 0 aliphatic heterocycles. The SMILES string of the molecule is COc1cc(/C=C/Cn2oc(=O)[nH]c2=O)ccc1OCc1ccc(Cl)c(Cl)c1. The summed E-state index contributed by atoms with van der Waals surface area (Å²) in [4.78, 5) is 24.4. The Kier molecular flexibility index (Phi) is 6.28. The summed E-state index contributed by atoms with van der Waals surface area (Å²) in [6, 6.07) is 10.7. The Hall–Kier alpha value is -2.90. The molecule has 1 aromatic heterocycles. The van der Waals surface area contributed by atoms with Crippen molar-refractivity contribution in [2.24, 2.45) is 0 Å². The van der Waals surface area contributed by atoms with Gasteiger partial charge in [-0.15, -0.1) is 4.74 Å². The monoisotopic (exact) mass is 422 g/mol. The Morgan fingerprint density at radius 2 is 1.93 bits per heavy atom. The van der Waals surface area contributed by atoms with E-state index in [4.69, 9.17) is 32.7 Å². The predicted molar refractivity (Wildman–Crippen MR) is 106 cm³/mol. The van der Waals surface area contributed by atoms with Crippen molar-refractivity contribution in [2.45, 2.75) is 13.2 Å². The Balaban J connectivity index is 1.68. The zero-order valence-corrected chi connectivity index (χ0v) is 16.3. The molecule has 0 aliphatic carbocycles. The molecule has 146 valence electrons. The number of methoxy groups -OCH3 is 1. The number of nitrogens with one attached hydrogen (secondary N) is 1. The quantitative estimate of drug-likeness (QED) is 0.626. The van der Waals surface area contributed by atoms with Crippen molar-refractivity contribution in [3.8, 4) is 11.5 Å². The lowest BCUT2D eigenvalue weighted by Crippen LogP contribution is -2.15. The van der Waals surface area contributed by atoms with Gasteiger partial charge in [0, 0.05) is 0 Å². The molecule has 0 bridgehead atoms. The summed E-state index contributed by atoms with van der Waals surface area (Å²) in [7, 11) is 1.54. The van der Waals surface area contributed by atoms with Crippen LogP contribution in [0.3, 0.4) is 0 Å². The Morgan fingerprint density at radius 1 is 1.11 bits per heavy atom. The van der Waals surface area contributed by atoms with Crippen molar-refractivity contribution in [3.05, 3.63) is 84.7 Å². The summed E-state index contributed by atoms with van der Waals surface area (Å²) >= 11 is 11.9. The summed E-state index contributed by atoms with van der Waals surface area (Å²) in [5.74, 6) is 0.328. The second kappa shape index (κ2) is 8.86. The summed E-state index contributed by atoms with van der Waals surface area (Å²) in [5, 5.41) is 0.952. The largest absolute Gasteiger partial charge is 0.493 e. The number of H-pyrrole nitrogens is 1. The molecular weight excluding hydrogens is 407 g/mol. The van der Waals surface area contributed by atoms with Gasteiger partial charge < -0.3 is 14.0 Å². The summed E-state index contributed by atoms with van der Waals surface area (Å²) < 4.78 is 16.8. The fraction of sp³-hybridized carbons (Fsp3) is 0.158. The van der Waals surface area contributed by atoms with Crippen molar-refractivity contribution in [1.29, 1.82) is 0 Å². The smallest absolute Gasteiger partial charge is 0.440 e. The van der Waals surface area contributed by atoms with Gasteiger partial charge in [0.15, 0.2) is 11.5 Å². The highest BCUT2D eigenvalue weighted by Gasteiger charge is 2.07. The molecule has 1 heterocycles. The average Bonchev–Trinajstić information content (AvgIpc) is 3.00. The van der Waals surface area contributed by atoms with Crippen LogP contribution in [0.4, 0.5) is 0 Å². The molecule has 0 aliphatic rings. The zero-order chi connectivity index (χ0) is 20.1. The molecule has 3 aromatic rings. The molecule has 0 unspecified atom stereocenters. The molecule has 0 atom stereocenters. The Morgan fingerprint density at radius 3 is 2.61 bits per heavy atom. The number of allylic oxidation sites excluding steroid dienone is 1. The Labute approximate surface area is 169 Å². The van der Waals surface area contributed by atoms with Crippen LogP contribution in [0, 0.1) is 0 Å². The van der Waals surface area contributed by atoms with E-state index in [0.29, 0.717) is 28.2 Å². The van der Waals surface area contributed by atoms with Crippen molar-refractivity contribution >= 4 is 29.3 Å². The van der Waals surface area contributed by atoms with Crippen LogP contribution in [-0.4, -0.2) is 16.8 Å². The van der Waals surface area contributed by atoms with E-state index in [1.54, 1.807) is 43.5 Å². The zero-order valence-electron chi connectivity index (χ0n) is 14.8. The molecule has 1 N–H and O–H groups in total. The van der Waals surface area contributed by atoms with Crippen molar-refractivity contribution < 1.29 is 14.0 Å². The maximum Gasteiger partial charge on any atom is 0.440 e. The first-order valence-electron chi connectivity index (χ1n) is 8.18. The molecule has 0 saturated carbocycles. The maximum atomic E-state index is 11.4. The topological polar surface area (TPSA) is 86.5 Å². The van der Waals surface area contributed by atoms with Gasteiger partial charge in [-0.3, -0.25) is 0 Å². The van der Waals surface area contributed by atoms with Crippen molar-refractivity contribution in [1.82, 2.24) is 9.72 Å². The van der Waals surface area contributed by atoms with E-state index >= 15 is 0 Å². The van der Waals surface area contributed by atoms with Crippen molar-refractivity contribution in [2.75, 3.05) is 7.11 Å². The molecule has 0 fully saturated rings. The lowest BCUT2D eigenvalue weighted by Gasteiger charge is -2.12. The molecule has 0 amide bonds. The number of hydrogen-bond acceptors (Lipinski definition) is 5. The number of rotatable bonds is 7. The third-order valence-electron chi connectivity index (χ3n) is 3.78. The van der Waals surface area contributed by atoms with E-state index in [1.807, 2.05) is 17.1 Å². The standard InChI is InChI=1S/C19H16Cl2N2O5/c1-26-17-10-12(3-2-8-23-18(24)22-19(25)28-23)5-7-16(17)27-11-13-4-6-14(20)15(21)9-13/h2-7,9-10H,8,11H2,1H3,(H,22,24,25)/b3-2+. The summed E-state index contributed by atoms with van der Waals surface area (Å²) in [6.45, 7) is 0.424. The third kappa shape index (κ3) is 4.88. The number of aromatic nitrogens is 2. The first-order chi connectivity index (χ1) is 13.5. The van der Waals surface area contributed by atoms with E-state index < -0.39 is 11.4 Å².